The summed E-state index contributed by atoms with van der Waals surface area (Å²) in [6.45, 7) is 7.84. The zero-order chi connectivity index (χ0) is 7.45. The Labute approximate surface area is 66.2 Å². The maximum atomic E-state index is 3.92. The highest BCUT2D eigenvalue weighted by Crippen LogP contribution is 2.31. The first kappa shape index (κ1) is 8.23. The lowest BCUT2D eigenvalue weighted by Crippen LogP contribution is -2.32. The van der Waals surface area contributed by atoms with Gasteiger partial charge in [-0.25, -0.2) is 0 Å². The van der Waals surface area contributed by atoms with Crippen LogP contribution in [0.1, 0.15) is 0 Å². The summed E-state index contributed by atoms with van der Waals surface area (Å²) < 4.78 is 0. The second-order valence-electron chi connectivity index (χ2n) is 2.89. The Kier molecular flexibility index (Phi) is 2.88. The summed E-state index contributed by atoms with van der Waals surface area (Å²) in [5.41, 5.74) is 4.42. The average molecular weight is 170 g/mol. The summed E-state index contributed by atoms with van der Waals surface area (Å²) >= 11 is 0. The SMILES string of the molecule is C=C[Si]1(C=C)CCPCC1. The molecular weight excluding hydrogens is 155 g/mol. The first-order valence-electron chi connectivity index (χ1n) is 3.81. The first-order valence-corrected chi connectivity index (χ1v) is 7.79. The molecule has 0 radical (unpaired) electrons. The van der Waals surface area contributed by atoms with Crippen LogP contribution >= 0.6 is 8.58 Å². The van der Waals surface area contributed by atoms with Crippen molar-refractivity contribution in [1.82, 2.24) is 0 Å². The van der Waals surface area contributed by atoms with E-state index in [4.69, 9.17) is 0 Å². The average Bonchev–Trinajstić information content (AvgIpc) is 2.06. The third-order valence-electron chi connectivity index (χ3n) is 2.35. The van der Waals surface area contributed by atoms with Gasteiger partial charge in [-0.3, -0.25) is 0 Å². The van der Waals surface area contributed by atoms with Crippen LogP contribution in [0.2, 0.25) is 12.1 Å². The molecule has 10 heavy (non-hydrogen) atoms. The monoisotopic (exact) mass is 170 g/mol. The smallest absolute Gasteiger partial charge is 0.101 e. The van der Waals surface area contributed by atoms with Gasteiger partial charge < -0.3 is 0 Å². The molecular formula is C8H15PSi. The minimum absolute atomic E-state index is 1.10. The van der Waals surface area contributed by atoms with Gasteiger partial charge in [-0.15, -0.1) is 21.7 Å². The third kappa shape index (κ3) is 1.59. The van der Waals surface area contributed by atoms with Crippen LogP contribution in [0.25, 0.3) is 0 Å². The van der Waals surface area contributed by atoms with E-state index in [1.165, 1.54) is 33.0 Å². The Morgan fingerprint density at radius 1 is 1.10 bits per heavy atom. The molecule has 0 aromatic heterocycles. The Morgan fingerprint density at radius 2 is 1.60 bits per heavy atom. The van der Waals surface area contributed by atoms with Crippen LogP contribution in [-0.2, 0) is 0 Å². The number of hydrogen-bond acceptors (Lipinski definition) is 0. The molecule has 0 spiro atoms. The van der Waals surface area contributed by atoms with Gasteiger partial charge >= 0.3 is 0 Å². The van der Waals surface area contributed by atoms with Crippen molar-refractivity contribution in [2.45, 2.75) is 12.1 Å². The van der Waals surface area contributed by atoms with Crippen molar-refractivity contribution in [2.75, 3.05) is 12.3 Å². The molecule has 0 nitrogen and oxygen atoms in total. The molecule has 0 bridgehead atoms. The fourth-order valence-corrected chi connectivity index (χ4v) is 8.00. The van der Waals surface area contributed by atoms with Crippen LogP contribution in [-0.4, -0.2) is 20.4 Å². The van der Waals surface area contributed by atoms with Gasteiger partial charge in [-0.05, 0) is 24.4 Å². The van der Waals surface area contributed by atoms with Crippen LogP contribution in [0.4, 0.5) is 0 Å². The molecule has 0 unspecified atom stereocenters. The Balaban J connectivity index is 2.60. The van der Waals surface area contributed by atoms with E-state index in [1.54, 1.807) is 0 Å². The van der Waals surface area contributed by atoms with E-state index in [0.29, 0.717) is 0 Å². The van der Waals surface area contributed by atoms with Crippen LogP contribution in [0, 0.1) is 0 Å². The van der Waals surface area contributed by atoms with E-state index >= 15 is 0 Å². The van der Waals surface area contributed by atoms with Crippen LogP contribution in [0.5, 0.6) is 0 Å². The summed E-state index contributed by atoms with van der Waals surface area (Å²) in [6, 6.07) is 2.83. The third-order valence-corrected chi connectivity index (χ3v) is 8.54. The van der Waals surface area contributed by atoms with Crippen molar-refractivity contribution >= 4 is 16.7 Å². The maximum absolute atomic E-state index is 3.92. The molecule has 0 atom stereocenters. The Bertz CT molecular complexity index is 126. The van der Waals surface area contributed by atoms with Gasteiger partial charge in [0.15, 0.2) is 0 Å². The molecule has 0 aliphatic carbocycles. The highest BCUT2D eigenvalue weighted by Gasteiger charge is 2.27. The lowest BCUT2D eigenvalue weighted by Gasteiger charge is -2.28. The Hall–Kier alpha value is 0.127. The molecule has 2 heteroatoms. The van der Waals surface area contributed by atoms with Gasteiger partial charge in [0.25, 0.3) is 0 Å². The van der Waals surface area contributed by atoms with Crippen molar-refractivity contribution in [1.29, 1.82) is 0 Å². The van der Waals surface area contributed by atoms with E-state index < -0.39 is 8.07 Å². The van der Waals surface area contributed by atoms with E-state index in [0.717, 1.165) is 0 Å². The molecule has 0 N–H and O–H groups in total. The van der Waals surface area contributed by atoms with E-state index in [2.05, 4.69) is 24.6 Å². The standard InChI is InChI=1S/C8H15PSi/c1-3-10(4-2)7-5-9-6-8-10/h3-4,9H,1-2,5-8H2. The molecule has 1 saturated heterocycles. The summed E-state index contributed by atoms with van der Waals surface area (Å²) in [5, 5.41) is 0. The van der Waals surface area contributed by atoms with Gasteiger partial charge in [-0.1, -0.05) is 11.4 Å². The van der Waals surface area contributed by atoms with Gasteiger partial charge in [-0.2, -0.15) is 0 Å². The van der Waals surface area contributed by atoms with E-state index in [-0.39, 0.29) is 0 Å². The molecule has 1 aliphatic rings. The molecule has 0 saturated carbocycles. The van der Waals surface area contributed by atoms with Gasteiger partial charge in [0, 0.05) is 0 Å². The maximum Gasteiger partial charge on any atom is 0.101 e. The second kappa shape index (κ2) is 3.50. The van der Waals surface area contributed by atoms with Crippen LogP contribution in [0.3, 0.4) is 0 Å². The normalized spacial score (nSPS) is 23.6. The molecule has 1 rings (SSSR count). The fourth-order valence-electron chi connectivity index (χ4n) is 1.38. The molecule has 1 fully saturated rings. The van der Waals surface area contributed by atoms with Gasteiger partial charge in [0.2, 0.25) is 0 Å². The quantitative estimate of drug-likeness (QED) is 0.441. The second-order valence-corrected chi connectivity index (χ2v) is 8.67. The van der Waals surface area contributed by atoms with Crippen LogP contribution in [0.15, 0.2) is 24.6 Å². The fraction of sp³-hybridized carbons (Fsp3) is 0.500. The lowest BCUT2D eigenvalue weighted by molar-refractivity contribution is 1.25. The lowest BCUT2D eigenvalue weighted by atomic mass is 10.9. The predicted octanol–water partition coefficient (Wildman–Crippen LogP) is 2.58. The van der Waals surface area contributed by atoms with Crippen LogP contribution < -0.4 is 0 Å². The van der Waals surface area contributed by atoms with E-state index in [1.807, 2.05) is 0 Å². The summed E-state index contributed by atoms with van der Waals surface area (Å²) in [6.07, 6.45) is 2.87. The van der Waals surface area contributed by atoms with Gasteiger partial charge in [0.1, 0.15) is 8.07 Å². The molecule has 1 heterocycles. The molecule has 0 aromatic rings. The van der Waals surface area contributed by atoms with E-state index in [9.17, 15) is 0 Å². The predicted molar refractivity (Wildman–Crippen MR) is 53.8 cm³/mol. The highest BCUT2D eigenvalue weighted by atomic mass is 31.1. The number of rotatable bonds is 2. The minimum Gasteiger partial charge on any atom is -0.123 e. The first-order chi connectivity index (χ1) is 4.83. The summed E-state index contributed by atoms with van der Waals surface area (Å²) in [5.74, 6) is 0. The Morgan fingerprint density at radius 3 is 1.90 bits per heavy atom. The van der Waals surface area contributed by atoms with Crippen molar-refractivity contribution < 1.29 is 0 Å². The minimum atomic E-state index is -1.10. The zero-order valence-corrected chi connectivity index (χ0v) is 8.40. The molecule has 0 aromatic carbocycles. The van der Waals surface area contributed by atoms with Crippen molar-refractivity contribution in [2.24, 2.45) is 0 Å². The zero-order valence-electron chi connectivity index (χ0n) is 6.40. The molecule has 56 valence electrons. The summed E-state index contributed by atoms with van der Waals surface area (Å²) in [4.78, 5) is 0. The summed E-state index contributed by atoms with van der Waals surface area (Å²) in [7, 11) is 0.118. The molecule has 0 amide bonds. The topological polar surface area (TPSA) is 0 Å². The highest BCUT2D eigenvalue weighted by molar-refractivity contribution is 7.39. The van der Waals surface area contributed by atoms with Crippen molar-refractivity contribution in [3.63, 3.8) is 0 Å². The van der Waals surface area contributed by atoms with Crippen molar-refractivity contribution in [3.8, 4) is 0 Å². The molecule has 1 aliphatic heterocycles. The largest absolute Gasteiger partial charge is 0.123 e. The van der Waals surface area contributed by atoms with Crippen molar-refractivity contribution in [3.05, 3.63) is 24.6 Å². The number of hydrogen-bond donors (Lipinski definition) is 0. The van der Waals surface area contributed by atoms with Gasteiger partial charge in [0.05, 0.1) is 0 Å².